The minimum Gasteiger partial charge on any atom is -0.319 e. The van der Waals surface area contributed by atoms with E-state index in [-0.39, 0.29) is 5.54 Å². The van der Waals surface area contributed by atoms with Gasteiger partial charge in [-0.1, -0.05) is 24.3 Å². The highest BCUT2D eigenvalue weighted by molar-refractivity contribution is 6.10. The summed E-state index contributed by atoms with van der Waals surface area (Å²) in [5.41, 5.74) is 0.241. The molecule has 1 aliphatic heterocycles. The second kappa shape index (κ2) is 7.44. The molecule has 32 heavy (non-hydrogen) atoms. The van der Waals surface area contributed by atoms with Crippen molar-refractivity contribution in [1.29, 1.82) is 0 Å². The van der Waals surface area contributed by atoms with E-state index < -0.39 is 35.7 Å². The summed E-state index contributed by atoms with van der Waals surface area (Å²) in [6, 6.07) is 12.1. The average molecular weight is 437 g/mol. The van der Waals surface area contributed by atoms with Crippen molar-refractivity contribution >= 4 is 34.8 Å². The molecule has 0 saturated carbocycles. The number of anilines is 1. The Labute approximate surface area is 184 Å². The number of halogens is 1. The maximum atomic E-state index is 13.3. The van der Waals surface area contributed by atoms with Crippen LogP contribution in [-0.2, 0) is 20.7 Å². The first-order chi connectivity index (χ1) is 15.0. The number of amides is 4. The lowest BCUT2D eigenvalue weighted by Gasteiger charge is -2.25. The molecule has 0 radical (unpaired) electrons. The molecule has 1 saturated heterocycles. The molecule has 3 aromatic rings. The number of hydrogen-bond acceptors (Lipinski definition) is 4. The van der Waals surface area contributed by atoms with E-state index in [1.807, 2.05) is 49.6 Å². The molecule has 2 aromatic carbocycles. The number of benzene rings is 2. The molecule has 4 rings (SSSR count). The Balaban J connectivity index is 1.57. The number of hydrogen-bond donors (Lipinski definition) is 2. The van der Waals surface area contributed by atoms with Crippen molar-refractivity contribution < 1.29 is 18.8 Å². The van der Waals surface area contributed by atoms with E-state index in [0.29, 0.717) is 11.5 Å². The molecule has 9 heteroatoms. The Hall–Kier alpha value is -3.75. The zero-order valence-corrected chi connectivity index (χ0v) is 18.3. The van der Waals surface area contributed by atoms with Gasteiger partial charge in [-0.2, -0.15) is 0 Å². The number of nitrogens with zero attached hydrogens (tertiary/aromatic N) is 3. The van der Waals surface area contributed by atoms with Crippen molar-refractivity contribution in [2.45, 2.75) is 38.8 Å². The van der Waals surface area contributed by atoms with Crippen molar-refractivity contribution in [3.8, 4) is 0 Å². The van der Waals surface area contributed by atoms with Crippen molar-refractivity contribution in [2.75, 3.05) is 11.9 Å². The SMILES string of the molecule is CC1(c2ccc(F)cc2)NC(=O)N(CC(=O)Nc2nc3ccccc3n2C(C)(C)C)C1=O. The highest BCUT2D eigenvalue weighted by Crippen LogP contribution is 2.30. The summed E-state index contributed by atoms with van der Waals surface area (Å²) in [5.74, 6) is -1.27. The second-order valence-corrected chi connectivity index (χ2v) is 8.93. The van der Waals surface area contributed by atoms with Crippen LogP contribution in [0.25, 0.3) is 11.0 Å². The fourth-order valence-electron chi connectivity index (χ4n) is 3.92. The number of fused-ring (bicyclic) bond motifs is 1. The van der Waals surface area contributed by atoms with Crippen LogP contribution in [0.4, 0.5) is 15.1 Å². The summed E-state index contributed by atoms with van der Waals surface area (Å²) in [6.07, 6.45) is 0. The van der Waals surface area contributed by atoms with E-state index >= 15 is 0 Å². The Kier molecular flexibility index (Phi) is 4.99. The lowest BCUT2D eigenvalue weighted by molar-refractivity contribution is -0.133. The molecule has 1 aliphatic rings. The minimum atomic E-state index is -1.39. The molecule has 166 valence electrons. The predicted octanol–water partition coefficient (Wildman–Crippen LogP) is 3.34. The maximum Gasteiger partial charge on any atom is 0.325 e. The van der Waals surface area contributed by atoms with E-state index in [4.69, 9.17) is 0 Å². The third kappa shape index (κ3) is 3.59. The summed E-state index contributed by atoms with van der Waals surface area (Å²) in [5, 5.41) is 5.34. The summed E-state index contributed by atoms with van der Waals surface area (Å²) < 4.78 is 15.2. The van der Waals surface area contributed by atoms with E-state index in [0.717, 1.165) is 15.9 Å². The van der Waals surface area contributed by atoms with Crippen LogP contribution >= 0.6 is 0 Å². The van der Waals surface area contributed by atoms with Crippen LogP contribution in [0.2, 0.25) is 0 Å². The van der Waals surface area contributed by atoms with Gasteiger partial charge in [-0.25, -0.2) is 14.2 Å². The molecule has 0 spiro atoms. The van der Waals surface area contributed by atoms with E-state index in [1.54, 1.807) is 0 Å². The van der Waals surface area contributed by atoms with Crippen molar-refractivity contribution in [1.82, 2.24) is 19.8 Å². The molecule has 2 heterocycles. The minimum absolute atomic E-state index is 0.331. The van der Waals surface area contributed by atoms with Crippen molar-refractivity contribution in [3.05, 3.63) is 59.9 Å². The van der Waals surface area contributed by atoms with Gasteiger partial charge in [0.05, 0.1) is 11.0 Å². The highest BCUT2D eigenvalue weighted by atomic mass is 19.1. The monoisotopic (exact) mass is 437 g/mol. The Morgan fingerprint density at radius 3 is 2.44 bits per heavy atom. The van der Waals surface area contributed by atoms with Crippen LogP contribution in [0, 0.1) is 5.82 Å². The standard InChI is InChI=1S/C23H24FN5O3/c1-22(2,3)29-17-8-6-5-7-16(17)25-20(29)26-18(30)13-28-19(31)23(4,27-21(28)32)14-9-11-15(24)12-10-14/h5-12H,13H2,1-4H3,(H,27,32)(H,25,26,30). The molecule has 8 nitrogen and oxygen atoms in total. The van der Waals surface area contributed by atoms with Crippen LogP contribution in [0.1, 0.15) is 33.3 Å². The van der Waals surface area contributed by atoms with Gasteiger partial charge >= 0.3 is 6.03 Å². The van der Waals surface area contributed by atoms with E-state index in [9.17, 15) is 18.8 Å². The second-order valence-electron chi connectivity index (χ2n) is 8.93. The third-order valence-corrected chi connectivity index (χ3v) is 5.48. The largest absolute Gasteiger partial charge is 0.325 e. The van der Waals surface area contributed by atoms with E-state index in [1.165, 1.54) is 31.2 Å². The molecular weight excluding hydrogens is 413 g/mol. The lowest BCUT2D eigenvalue weighted by Crippen LogP contribution is -2.42. The number of nitrogens with one attached hydrogen (secondary N) is 2. The van der Waals surface area contributed by atoms with Crippen molar-refractivity contribution in [3.63, 3.8) is 0 Å². The average Bonchev–Trinajstić information content (AvgIpc) is 3.18. The van der Waals surface area contributed by atoms with Crippen LogP contribution < -0.4 is 10.6 Å². The first-order valence-corrected chi connectivity index (χ1v) is 10.2. The molecule has 1 fully saturated rings. The highest BCUT2D eigenvalue weighted by Gasteiger charge is 2.49. The van der Waals surface area contributed by atoms with Crippen LogP contribution in [0.3, 0.4) is 0 Å². The molecule has 1 aromatic heterocycles. The number of carbonyl (C=O) groups is 3. The van der Waals surface area contributed by atoms with Gasteiger partial charge in [0.25, 0.3) is 5.91 Å². The van der Waals surface area contributed by atoms with Gasteiger partial charge in [-0.3, -0.25) is 19.8 Å². The Morgan fingerprint density at radius 1 is 1.12 bits per heavy atom. The van der Waals surface area contributed by atoms with Gasteiger partial charge in [0, 0.05) is 5.54 Å². The van der Waals surface area contributed by atoms with Gasteiger partial charge < -0.3 is 9.88 Å². The Bertz CT molecular complexity index is 1230. The number of para-hydroxylation sites is 2. The number of imide groups is 1. The lowest BCUT2D eigenvalue weighted by atomic mass is 9.92. The number of aromatic nitrogens is 2. The summed E-state index contributed by atoms with van der Waals surface area (Å²) >= 11 is 0. The first kappa shape index (κ1) is 21.5. The normalized spacial score (nSPS) is 18.8. The van der Waals surface area contributed by atoms with Gasteiger partial charge in [-0.05, 0) is 57.5 Å². The number of rotatable bonds is 4. The molecule has 4 amide bonds. The number of carbonyl (C=O) groups excluding carboxylic acids is 3. The molecule has 1 atom stereocenters. The van der Waals surface area contributed by atoms with E-state index in [2.05, 4.69) is 15.6 Å². The summed E-state index contributed by atoms with van der Waals surface area (Å²) in [7, 11) is 0. The Morgan fingerprint density at radius 2 is 1.78 bits per heavy atom. The fraction of sp³-hybridized carbons (Fsp3) is 0.304. The molecular formula is C23H24FN5O3. The smallest absolute Gasteiger partial charge is 0.319 e. The van der Waals surface area contributed by atoms with Crippen molar-refractivity contribution in [2.24, 2.45) is 0 Å². The molecule has 0 aliphatic carbocycles. The number of urea groups is 1. The van der Waals surface area contributed by atoms with Gasteiger partial charge in [0.2, 0.25) is 11.9 Å². The maximum absolute atomic E-state index is 13.3. The third-order valence-electron chi connectivity index (χ3n) is 5.48. The van der Waals surface area contributed by atoms with Crippen LogP contribution in [0.15, 0.2) is 48.5 Å². The van der Waals surface area contributed by atoms with Crippen LogP contribution in [0.5, 0.6) is 0 Å². The van der Waals surface area contributed by atoms with Gasteiger partial charge in [0.1, 0.15) is 17.9 Å². The quantitative estimate of drug-likeness (QED) is 0.612. The number of imidazole rings is 1. The fourth-order valence-corrected chi connectivity index (χ4v) is 3.92. The summed E-state index contributed by atoms with van der Waals surface area (Å²) in [6.45, 7) is 7.01. The first-order valence-electron chi connectivity index (χ1n) is 10.2. The molecule has 2 N–H and O–H groups in total. The van der Waals surface area contributed by atoms with Crippen LogP contribution in [-0.4, -0.2) is 38.8 Å². The molecule has 1 unspecified atom stereocenters. The zero-order valence-electron chi connectivity index (χ0n) is 18.3. The van der Waals surface area contributed by atoms with Gasteiger partial charge in [0.15, 0.2) is 0 Å². The zero-order chi connectivity index (χ0) is 23.3. The van der Waals surface area contributed by atoms with Gasteiger partial charge in [-0.15, -0.1) is 0 Å². The predicted molar refractivity (Wildman–Crippen MR) is 117 cm³/mol. The topological polar surface area (TPSA) is 96.3 Å². The molecule has 0 bridgehead atoms. The summed E-state index contributed by atoms with van der Waals surface area (Å²) in [4.78, 5) is 43.7.